The first kappa shape index (κ1) is 15.9. The van der Waals surface area contributed by atoms with Crippen LogP contribution in [0.1, 0.15) is 5.82 Å². The molecule has 2 rings (SSSR count). The van der Waals surface area contributed by atoms with E-state index in [2.05, 4.69) is 38.1 Å². The van der Waals surface area contributed by atoms with Gasteiger partial charge in [-0.15, -0.1) is 5.10 Å². The maximum atomic E-state index is 8.98. The van der Waals surface area contributed by atoms with E-state index in [1.165, 1.54) is 0 Å². The van der Waals surface area contributed by atoms with Crippen molar-refractivity contribution < 1.29 is 10.2 Å². The molecule has 2 N–H and O–H groups in total. The van der Waals surface area contributed by atoms with Crippen molar-refractivity contribution in [3.05, 3.63) is 39.9 Å². The number of aliphatic hydroxyl groups is 2. The molecule has 0 unspecified atom stereocenters. The molecule has 0 aliphatic rings. The predicted molar refractivity (Wildman–Crippen MR) is 86.6 cm³/mol. The third-order valence-corrected chi connectivity index (χ3v) is 3.49. The molecule has 0 spiro atoms. The second kappa shape index (κ2) is 8.05. The minimum absolute atomic E-state index is 0.0202. The molecule has 0 saturated heterocycles. The van der Waals surface area contributed by atoms with Crippen LogP contribution >= 0.6 is 22.6 Å². The van der Waals surface area contributed by atoms with E-state index in [4.69, 9.17) is 10.2 Å². The standard InChI is InChI=1S/C13H16IN5O2/c14-11-1-3-12(4-2-11)19-13(15-16-17-19)5-6-18(7-9-20)8-10-21/h1-6,20-21H,7-10H2/b6-5+. The minimum Gasteiger partial charge on any atom is -0.395 e. The summed E-state index contributed by atoms with van der Waals surface area (Å²) in [4.78, 5) is 1.80. The quantitative estimate of drug-likeness (QED) is 0.659. The van der Waals surface area contributed by atoms with Crippen LogP contribution in [0, 0.1) is 3.57 Å². The monoisotopic (exact) mass is 401 g/mol. The van der Waals surface area contributed by atoms with Crippen molar-refractivity contribution in [2.24, 2.45) is 0 Å². The molecule has 1 aromatic carbocycles. The van der Waals surface area contributed by atoms with E-state index in [1.807, 2.05) is 24.3 Å². The molecular formula is C13H16IN5O2. The van der Waals surface area contributed by atoms with Gasteiger partial charge >= 0.3 is 0 Å². The second-order valence-corrected chi connectivity index (χ2v) is 5.47. The Bertz CT molecular complexity index is 579. The summed E-state index contributed by atoms with van der Waals surface area (Å²) in [6.45, 7) is 0.934. The highest BCUT2D eigenvalue weighted by atomic mass is 127. The highest BCUT2D eigenvalue weighted by Crippen LogP contribution is 2.12. The number of aliphatic hydroxyl groups excluding tert-OH is 2. The van der Waals surface area contributed by atoms with Crippen LogP contribution in [0.15, 0.2) is 30.5 Å². The van der Waals surface area contributed by atoms with Crippen LogP contribution in [0.4, 0.5) is 0 Å². The van der Waals surface area contributed by atoms with E-state index in [0.717, 1.165) is 9.26 Å². The third kappa shape index (κ3) is 4.48. The van der Waals surface area contributed by atoms with Gasteiger partial charge in [0.05, 0.1) is 18.9 Å². The number of hydrogen-bond donors (Lipinski definition) is 2. The summed E-state index contributed by atoms with van der Waals surface area (Å²) >= 11 is 2.24. The van der Waals surface area contributed by atoms with E-state index in [-0.39, 0.29) is 13.2 Å². The van der Waals surface area contributed by atoms with E-state index >= 15 is 0 Å². The van der Waals surface area contributed by atoms with Gasteiger partial charge in [0.15, 0.2) is 5.82 Å². The summed E-state index contributed by atoms with van der Waals surface area (Å²) < 4.78 is 2.77. The van der Waals surface area contributed by atoms with Crippen molar-refractivity contribution in [3.8, 4) is 5.69 Å². The van der Waals surface area contributed by atoms with Crippen molar-refractivity contribution in [2.75, 3.05) is 26.3 Å². The molecule has 1 heterocycles. The van der Waals surface area contributed by atoms with Crippen LogP contribution in [0.2, 0.25) is 0 Å². The molecule has 0 bridgehead atoms. The Morgan fingerprint density at radius 1 is 1.14 bits per heavy atom. The van der Waals surface area contributed by atoms with Crippen LogP contribution in [0.25, 0.3) is 11.8 Å². The fourth-order valence-electron chi connectivity index (χ4n) is 1.75. The molecule has 2 aromatic rings. The number of tetrazole rings is 1. The number of rotatable bonds is 7. The Morgan fingerprint density at radius 3 is 2.43 bits per heavy atom. The van der Waals surface area contributed by atoms with Gasteiger partial charge in [-0.3, -0.25) is 0 Å². The van der Waals surface area contributed by atoms with Crippen molar-refractivity contribution in [1.82, 2.24) is 25.1 Å². The minimum atomic E-state index is 0.0202. The van der Waals surface area contributed by atoms with Gasteiger partial charge in [0.1, 0.15) is 0 Å². The Labute approximate surface area is 136 Å². The lowest BCUT2D eigenvalue weighted by molar-refractivity contribution is 0.199. The van der Waals surface area contributed by atoms with Gasteiger partial charge in [0.2, 0.25) is 0 Å². The molecule has 0 aliphatic heterocycles. The molecule has 0 aliphatic carbocycles. The molecule has 8 heteroatoms. The zero-order valence-electron chi connectivity index (χ0n) is 11.3. The number of hydrogen-bond acceptors (Lipinski definition) is 6. The Kier molecular flexibility index (Phi) is 6.08. The fraction of sp³-hybridized carbons (Fsp3) is 0.308. The zero-order chi connectivity index (χ0) is 15.1. The highest BCUT2D eigenvalue weighted by molar-refractivity contribution is 14.1. The predicted octanol–water partition coefficient (Wildman–Crippen LogP) is 0.524. The highest BCUT2D eigenvalue weighted by Gasteiger charge is 2.06. The Morgan fingerprint density at radius 2 is 1.81 bits per heavy atom. The van der Waals surface area contributed by atoms with Crippen LogP contribution in [-0.2, 0) is 0 Å². The van der Waals surface area contributed by atoms with E-state index in [1.54, 1.807) is 21.9 Å². The van der Waals surface area contributed by atoms with Crippen LogP contribution in [0.5, 0.6) is 0 Å². The molecule has 0 saturated carbocycles. The van der Waals surface area contributed by atoms with Gasteiger partial charge < -0.3 is 15.1 Å². The van der Waals surface area contributed by atoms with Gasteiger partial charge in [0.25, 0.3) is 0 Å². The Hall–Kier alpha value is -1.52. The van der Waals surface area contributed by atoms with E-state index in [0.29, 0.717) is 18.9 Å². The van der Waals surface area contributed by atoms with Gasteiger partial charge in [-0.05, 0) is 57.3 Å². The lowest BCUT2D eigenvalue weighted by atomic mass is 10.3. The number of halogens is 1. The van der Waals surface area contributed by atoms with Gasteiger partial charge in [0, 0.05) is 28.9 Å². The average Bonchev–Trinajstić information content (AvgIpc) is 2.94. The van der Waals surface area contributed by atoms with E-state index < -0.39 is 0 Å². The molecule has 0 fully saturated rings. The first-order valence-electron chi connectivity index (χ1n) is 6.43. The lowest BCUT2D eigenvalue weighted by Gasteiger charge is -2.17. The Balaban J connectivity index is 2.18. The zero-order valence-corrected chi connectivity index (χ0v) is 13.5. The van der Waals surface area contributed by atoms with Crippen molar-refractivity contribution in [3.63, 3.8) is 0 Å². The maximum Gasteiger partial charge on any atom is 0.181 e. The smallest absolute Gasteiger partial charge is 0.181 e. The molecule has 1 aromatic heterocycles. The number of benzene rings is 1. The number of nitrogens with zero attached hydrogens (tertiary/aromatic N) is 5. The molecule has 0 atom stereocenters. The third-order valence-electron chi connectivity index (χ3n) is 2.77. The SMILES string of the molecule is OCCN(/C=C/c1nnnn1-c1ccc(I)cc1)CCO. The van der Waals surface area contributed by atoms with Gasteiger partial charge in [-0.25, -0.2) is 0 Å². The van der Waals surface area contributed by atoms with Crippen LogP contribution < -0.4 is 0 Å². The molecule has 7 nitrogen and oxygen atoms in total. The number of aromatic nitrogens is 4. The fourth-order valence-corrected chi connectivity index (χ4v) is 2.11. The van der Waals surface area contributed by atoms with Crippen molar-refractivity contribution in [1.29, 1.82) is 0 Å². The lowest BCUT2D eigenvalue weighted by Crippen LogP contribution is -2.24. The van der Waals surface area contributed by atoms with Crippen LogP contribution in [-0.4, -0.2) is 61.6 Å². The van der Waals surface area contributed by atoms with Crippen LogP contribution in [0.3, 0.4) is 0 Å². The maximum absolute atomic E-state index is 8.98. The molecule has 112 valence electrons. The average molecular weight is 401 g/mol. The topological polar surface area (TPSA) is 87.3 Å². The summed E-state index contributed by atoms with van der Waals surface area (Å²) in [7, 11) is 0. The second-order valence-electron chi connectivity index (χ2n) is 4.22. The first-order chi connectivity index (χ1) is 10.2. The summed E-state index contributed by atoms with van der Waals surface area (Å²) in [5.74, 6) is 0.581. The molecule has 21 heavy (non-hydrogen) atoms. The van der Waals surface area contributed by atoms with E-state index in [9.17, 15) is 0 Å². The molecule has 0 radical (unpaired) electrons. The summed E-state index contributed by atoms with van der Waals surface area (Å²) in [5, 5.41) is 29.6. The summed E-state index contributed by atoms with van der Waals surface area (Å²) in [5.41, 5.74) is 0.871. The van der Waals surface area contributed by atoms with Gasteiger partial charge in [-0.2, -0.15) is 4.68 Å². The summed E-state index contributed by atoms with van der Waals surface area (Å²) in [6, 6.07) is 7.84. The molecular weight excluding hydrogens is 385 g/mol. The first-order valence-corrected chi connectivity index (χ1v) is 7.51. The largest absolute Gasteiger partial charge is 0.395 e. The van der Waals surface area contributed by atoms with Gasteiger partial charge in [-0.1, -0.05) is 0 Å². The van der Waals surface area contributed by atoms with Crippen molar-refractivity contribution >= 4 is 28.7 Å². The van der Waals surface area contributed by atoms with Crippen molar-refractivity contribution in [2.45, 2.75) is 0 Å². The normalized spacial score (nSPS) is 11.2. The molecule has 0 amide bonds. The summed E-state index contributed by atoms with van der Waals surface area (Å²) in [6.07, 6.45) is 3.52.